The van der Waals surface area contributed by atoms with Gasteiger partial charge in [-0.25, -0.2) is 0 Å². The highest BCUT2D eigenvalue weighted by atomic mass is 16.3. The fraction of sp³-hybridized carbons (Fsp3) is 0.933. The van der Waals surface area contributed by atoms with E-state index in [1.54, 1.807) is 0 Å². The van der Waals surface area contributed by atoms with Crippen molar-refractivity contribution in [2.75, 3.05) is 19.6 Å². The number of carbonyl (C=O) groups excluding carboxylic acids is 1. The van der Waals surface area contributed by atoms with Crippen LogP contribution in [-0.2, 0) is 4.79 Å². The maximum Gasteiger partial charge on any atom is 0.237 e. The van der Waals surface area contributed by atoms with Gasteiger partial charge >= 0.3 is 0 Å². The Hall–Kier alpha value is -0.610. The summed E-state index contributed by atoms with van der Waals surface area (Å²) in [5.41, 5.74) is 0. The lowest BCUT2D eigenvalue weighted by atomic mass is 9.89. The van der Waals surface area contributed by atoms with E-state index in [2.05, 4.69) is 10.2 Å². The Balaban J connectivity index is 1.72. The van der Waals surface area contributed by atoms with Crippen molar-refractivity contribution < 1.29 is 9.90 Å². The average molecular weight is 268 g/mol. The van der Waals surface area contributed by atoms with Gasteiger partial charge in [0.25, 0.3) is 0 Å². The fourth-order valence-electron chi connectivity index (χ4n) is 3.28. The number of amides is 1. The van der Waals surface area contributed by atoms with Crippen LogP contribution < -0.4 is 5.32 Å². The van der Waals surface area contributed by atoms with Crippen LogP contribution in [0.15, 0.2) is 0 Å². The van der Waals surface area contributed by atoms with Crippen LogP contribution in [0.1, 0.15) is 51.9 Å². The van der Waals surface area contributed by atoms with Crippen molar-refractivity contribution in [3.63, 3.8) is 0 Å². The number of hydrogen-bond acceptors (Lipinski definition) is 3. The maximum atomic E-state index is 12.2. The number of hydrogen-bond donors (Lipinski definition) is 2. The first-order valence-electron chi connectivity index (χ1n) is 7.86. The number of aliphatic hydroxyl groups is 1. The second-order valence-corrected chi connectivity index (χ2v) is 6.22. The first kappa shape index (κ1) is 14.8. The van der Waals surface area contributed by atoms with Crippen LogP contribution >= 0.6 is 0 Å². The summed E-state index contributed by atoms with van der Waals surface area (Å²) in [7, 11) is 0. The maximum absolute atomic E-state index is 12.2. The van der Waals surface area contributed by atoms with Crippen LogP contribution in [0.4, 0.5) is 0 Å². The molecular weight excluding hydrogens is 240 g/mol. The molecule has 0 bridgehead atoms. The fourth-order valence-corrected chi connectivity index (χ4v) is 3.28. The monoisotopic (exact) mass is 268 g/mol. The molecule has 1 aliphatic carbocycles. The molecule has 1 saturated heterocycles. The summed E-state index contributed by atoms with van der Waals surface area (Å²) in [5, 5.41) is 12.8. The van der Waals surface area contributed by atoms with Crippen molar-refractivity contribution in [1.29, 1.82) is 0 Å². The summed E-state index contributed by atoms with van der Waals surface area (Å²) in [6.07, 6.45) is 8.10. The molecule has 2 fully saturated rings. The minimum absolute atomic E-state index is 0.112. The zero-order valence-corrected chi connectivity index (χ0v) is 12.1. The van der Waals surface area contributed by atoms with Crippen molar-refractivity contribution in [1.82, 2.24) is 10.2 Å². The molecular formula is C15H28N2O2. The Morgan fingerprint density at radius 1 is 1.26 bits per heavy atom. The van der Waals surface area contributed by atoms with Gasteiger partial charge in [0.05, 0.1) is 12.1 Å². The Morgan fingerprint density at radius 2 is 2.00 bits per heavy atom. The molecule has 110 valence electrons. The zero-order chi connectivity index (χ0) is 13.7. The Morgan fingerprint density at radius 3 is 2.68 bits per heavy atom. The van der Waals surface area contributed by atoms with Crippen molar-refractivity contribution in [3.05, 3.63) is 0 Å². The van der Waals surface area contributed by atoms with Crippen LogP contribution in [0.5, 0.6) is 0 Å². The average Bonchev–Trinajstić information content (AvgIpc) is 2.45. The van der Waals surface area contributed by atoms with Gasteiger partial charge in [0, 0.05) is 13.1 Å². The van der Waals surface area contributed by atoms with Gasteiger partial charge in [-0.15, -0.1) is 0 Å². The van der Waals surface area contributed by atoms with E-state index >= 15 is 0 Å². The van der Waals surface area contributed by atoms with E-state index < -0.39 is 0 Å². The van der Waals surface area contributed by atoms with Crippen molar-refractivity contribution >= 4 is 5.91 Å². The standard InChI is InChI=1S/C15H28N2O2/c1-12(17-9-5-8-14(18)11-17)15(19)16-10-13-6-3-2-4-7-13/h12-14,18H,2-11H2,1H3,(H,16,19). The highest BCUT2D eigenvalue weighted by molar-refractivity contribution is 5.81. The number of carbonyl (C=O) groups is 1. The Bertz CT molecular complexity index is 290. The lowest BCUT2D eigenvalue weighted by Gasteiger charge is -2.34. The number of likely N-dealkylation sites (tertiary alicyclic amines) is 1. The lowest BCUT2D eigenvalue weighted by Crippen LogP contribution is -2.50. The van der Waals surface area contributed by atoms with Crippen LogP contribution in [0, 0.1) is 5.92 Å². The van der Waals surface area contributed by atoms with Crippen molar-refractivity contribution in [2.24, 2.45) is 5.92 Å². The molecule has 0 aromatic heterocycles. The van der Waals surface area contributed by atoms with Gasteiger partial charge in [-0.3, -0.25) is 9.69 Å². The number of β-amino-alcohol motifs (C(OH)–C–C–N with tert-alkyl or cyclic N) is 1. The van der Waals surface area contributed by atoms with E-state index in [0.717, 1.165) is 25.9 Å². The van der Waals surface area contributed by atoms with E-state index in [-0.39, 0.29) is 18.1 Å². The molecule has 0 aromatic rings. The summed E-state index contributed by atoms with van der Waals surface area (Å²) in [5.74, 6) is 0.802. The van der Waals surface area contributed by atoms with Gasteiger partial charge in [0.2, 0.25) is 5.91 Å². The lowest BCUT2D eigenvalue weighted by molar-refractivity contribution is -0.127. The smallest absolute Gasteiger partial charge is 0.237 e. The van der Waals surface area contributed by atoms with Crippen LogP contribution in [0.3, 0.4) is 0 Å². The van der Waals surface area contributed by atoms with Crippen LogP contribution in [0.25, 0.3) is 0 Å². The molecule has 0 aromatic carbocycles. The second kappa shape index (κ2) is 7.25. The van der Waals surface area contributed by atoms with E-state index in [1.165, 1.54) is 32.1 Å². The van der Waals surface area contributed by atoms with Crippen molar-refractivity contribution in [2.45, 2.75) is 64.0 Å². The molecule has 2 aliphatic rings. The number of aliphatic hydroxyl groups excluding tert-OH is 1. The summed E-state index contributed by atoms with van der Waals surface area (Å²) in [4.78, 5) is 14.3. The molecule has 1 aliphatic heterocycles. The zero-order valence-electron chi connectivity index (χ0n) is 12.1. The molecule has 1 heterocycles. The number of rotatable bonds is 4. The third-order valence-corrected chi connectivity index (χ3v) is 4.64. The Labute approximate surface area is 116 Å². The molecule has 1 saturated carbocycles. The summed E-state index contributed by atoms with van der Waals surface area (Å²) in [6.45, 7) is 4.35. The topological polar surface area (TPSA) is 52.6 Å². The normalized spacial score (nSPS) is 28.0. The molecule has 0 radical (unpaired) electrons. The number of piperidine rings is 1. The van der Waals surface area contributed by atoms with Gasteiger partial charge in [0.1, 0.15) is 0 Å². The van der Waals surface area contributed by atoms with Gasteiger partial charge in [-0.2, -0.15) is 0 Å². The minimum Gasteiger partial charge on any atom is -0.392 e. The van der Waals surface area contributed by atoms with Gasteiger partial charge in [0.15, 0.2) is 0 Å². The first-order valence-corrected chi connectivity index (χ1v) is 7.86. The quantitative estimate of drug-likeness (QED) is 0.813. The molecule has 0 spiro atoms. The molecule has 1 amide bonds. The molecule has 19 heavy (non-hydrogen) atoms. The molecule has 2 unspecified atom stereocenters. The number of nitrogens with one attached hydrogen (secondary N) is 1. The molecule has 4 heteroatoms. The minimum atomic E-state index is -0.262. The molecule has 4 nitrogen and oxygen atoms in total. The summed E-state index contributed by atoms with van der Waals surface area (Å²) >= 11 is 0. The second-order valence-electron chi connectivity index (χ2n) is 6.22. The predicted molar refractivity (Wildman–Crippen MR) is 75.9 cm³/mol. The third kappa shape index (κ3) is 4.46. The summed E-state index contributed by atoms with van der Waals surface area (Å²) in [6, 6.07) is -0.112. The van der Waals surface area contributed by atoms with Crippen LogP contribution in [-0.4, -0.2) is 47.7 Å². The van der Waals surface area contributed by atoms with E-state index in [0.29, 0.717) is 12.5 Å². The third-order valence-electron chi connectivity index (χ3n) is 4.64. The van der Waals surface area contributed by atoms with E-state index in [4.69, 9.17) is 0 Å². The van der Waals surface area contributed by atoms with E-state index in [1.807, 2.05) is 6.92 Å². The highest BCUT2D eigenvalue weighted by Crippen LogP contribution is 2.22. The number of nitrogens with zero attached hydrogens (tertiary/aromatic N) is 1. The summed E-state index contributed by atoms with van der Waals surface area (Å²) < 4.78 is 0. The van der Waals surface area contributed by atoms with Gasteiger partial charge in [-0.05, 0) is 45.1 Å². The Kier molecular flexibility index (Phi) is 5.64. The van der Waals surface area contributed by atoms with Gasteiger partial charge < -0.3 is 10.4 Å². The van der Waals surface area contributed by atoms with Crippen molar-refractivity contribution in [3.8, 4) is 0 Å². The molecule has 2 atom stereocenters. The van der Waals surface area contributed by atoms with Gasteiger partial charge in [-0.1, -0.05) is 19.3 Å². The molecule has 2 rings (SSSR count). The highest BCUT2D eigenvalue weighted by Gasteiger charge is 2.26. The molecule has 2 N–H and O–H groups in total. The largest absolute Gasteiger partial charge is 0.392 e. The predicted octanol–water partition coefficient (Wildman–Crippen LogP) is 1.53. The SMILES string of the molecule is CC(C(=O)NCC1CCCCC1)N1CCCC(O)C1. The van der Waals surface area contributed by atoms with E-state index in [9.17, 15) is 9.90 Å². The first-order chi connectivity index (χ1) is 9.16. The van der Waals surface area contributed by atoms with Crippen LogP contribution in [0.2, 0.25) is 0 Å².